The highest BCUT2D eigenvalue weighted by molar-refractivity contribution is 7.18. The van der Waals surface area contributed by atoms with E-state index in [9.17, 15) is 9.59 Å². The van der Waals surface area contributed by atoms with Crippen LogP contribution in [0, 0.1) is 5.41 Å². The fourth-order valence-electron chi connectivity index (χ4n) is 1.81. The van der Waals surface area contributed by atoms with E-state index in [-0.39, 0.29) is 23.4 Å². The van der Waals surface area contributed by atoms with Gasteiger partial charge in [0, 0.05) is 11.7 Å². The zero-order valence-electron chi connectivity index (χ0n) is 14.3. The zero-order valence-corrected chi connectivity index (χ0v) is 15.2. The number of hydrogen-bond donors (Lipinski definition) is 3. The fourth-order valence-corrected chi connectivity index (χ4v) is 2.61. The van der Waals surface area contributed by atoms with E-state index in [4.69, 9.17) is 0 Å². The van der Waals surface area contributed by atoms with E-state index in [1.807, 2.05) is 25.1 Å². The number of urea groups is 1. The van der Waals surface area contributed by atoms with Gasteiger partial charge in [0.05, 0.1) is 9.88 Å². The molecule has 0 bridgehead atoms. The number of nitrogens with one attached hydrogen (secondary N) is 3. The summed E-state index contributed by atoms with van der Waals surface area (Å²) in [6, 6.07) is 12.3. The molecule has 24 heavy (non-hydrogen) atoms. The van der Waals surface area contributed by atoms with Gasteiger partial charge in [0.15, 0.2) is 0 Å². The second kappa shape index (κ2) is 7.49. The Hall–Kier alpha value is -2.34. The summed E-state index contributed by atoms with van der Waals surface area (Å²) < 4.78 is 0. The number of carbonyl (C=O) groups is 2. The fraction of sp³-hybridized carbons (Fsp3) is 0.333. The van der Waals surface area contributed by atoms with Crippen molar-refractivity contribution in [3.63, 3.8) is 0 Å². The molecule has 2 rings (SSSR count). The number of para-hydroxylation sites is 1. The minimum absolute atomic E-state index is 0.0103. The van der Waals surface area contributed by atoms with Crippen LogP contribution < -0.4 is 16.0 Å². The predicted molar refractivity (Wildman–Crippen MR) is 99.8 cm³/mol. The van der Waals surface area contributed by atoms with Gasteiger partial charge in [0.25, 0.3) is 5.91 Å². The van der Waals surface area contributed by atoms with E-state index in [0.717, 1.165) is 0 Å². The number of rotatable bonds is 4. The summed E-state index contributed by atoms with van der Waals surface area (Å²) >= 11 is 1.25. The second-order valence-corrected chi connectivity index (χ2v) is 7.75. The molecule has 128 valence electrons. The van der Waals surface area contributed by atoms with Crippen LogP contribution in [0.25, 0.3) is 0 Å². The molecule has 3 amide bonds. The first-order chi connectivity index (χ1) is 11.3. The van der Waals surface area contributed by atoms with Gasteiger partial charge < -0.3 is 10.6 Å². The predicted octanol–water partition coefficient (Wildman–Crippen LogP) is 4.56. The Morgan fingerprint density at radius 1 is 1.00 bits per heavy atom. The molecule has 1 heterocycles. The van der Waals surface area contributed by atoms with Crippen molar-refractivity contribution in [2.75, 3.05) is 10.6 Å². The summed E-state index contributed by atoms with van der Waals surface area (Å²) in [5.41, 5.74) is 0.701. The molecule has 1 atom stereocenters. The van der Waals surface area contributed by atoms with Gasteiger partial charge >= 0.3 is 6.03 Å². The normalized spacial score (nSPS) is 12.3. The van der Waals surface area contributed by atoms with E-state index in [1.54, 1.807) is 24.3 Å². The van der Waals surface area contributed by atoms with Crippen LogP contribution >= 0.6 is 11.3 Å². The van der Waals surface area contributed by atoms with E-state index in [1.165, 1.54) is 11.3 Å². The average molecular weight is 345 g/mol. The molecule has 1 aromatic heterocycles. The Kier molecular flexibility index (Phi) is 5.62. The molecule has 0 fully saturated rings. The number of amides is 3. The van der Waals surface area contributed by atoms with Crippen LogP contribution in [0.2, 0.25) is 0 Å². The zero-order chi connectivity index (χ0) is 17.7. The van der Waals surface area contributed by atoms with Gasteiger partial charge in [-0.1, -0.05) is 39.0 Å². The Labute approximate surface area is 146 Å². The smallest absolute Gasteiger partial charge is 0.324 e. The van der Waals surface area contributed by atoms with Gasteiger partial charge in [-0.3, -0.25) is 10.1 Å². The Morgan fingerprint density at radius 2 is 1.67 bits per heavy atom. The summed E-state index contributed by atoms with van der Waals surface area (Å²) in [6.07, 6.45) is 0. The molecule has 0 aliphatic heterocycles. The third kappa shape index (κ3) is 5.09. The number of anilines is 2. The van der Waals surface area contributed by atoms with Gasteiger partial charge in [0.2, 0.25) is 0 Å². The number of hydrogen-bond acceptors (Lipinski definition) is 3. The molecule has 0 saturated carbocycles. The highest BCUT2D eigenvalue weighted by Gasteiger charge is 2.22. The maximum absolute atomic E-state index is 12.3. The van der Waals surface area contributed by atoms with Crippen molar-refractivity contribution in [3.05, 3.63) is 47.3 Å². The molecule has 0 aliphatic rings. The van der Waals surface area contributed by atoms with Crippen molar-refractivity contribution in [1.29, 1.82) is 0 Å². The number of carbonyl (C=O) groups excluding carboxylic acids is 2. The van der Waals surface area contributed by atoms with Crippen molar-refractivity contribution >= 4 is 34.0 Å². The minimum Gasteiger partial charge on any atom is -0.348 e. The molecule has 5 nitrogen and oxygen atoms in total. The molecular formula is C18H23N3O2S. The first kappa shape index (κ1) is 18.0. The van der Waals surface area contributed by atoms with Gasteiger partial charge in [-0.2, -0.15) is 0 Å². The van der Waals surface area contributed by atoms with Crippen LogP contribution in [0.15, 0.2) is 42.5 Å². The van der Waals surface area contributed by atoms with Crippen molar-refractivity contribution in [2.24, 2.45) is 5.41 Å². The lowest BCUT2D eigenvalue weighted by Gasteiger charge is -2.27. The monoisotopic (exact) mass is 345 g/mol. The topological polar surface area (TPSA) is 70.2 Å². The van der Waals surface area contributed by atoms with Gasteiger partial charge in [-0.05, 0) is 36.6 Å². The van der Waals surface area contributed by atoms with Crippen molar-refractivity contribution in [1.82, 2.24) is 5.32 Å². The highest BCUT2D eigenvalue weighted by Crippen LogP contribution is 2.24. The molecule has 0 radical (unpaired) electrons. The third-order valence-electron chi connectivity index (χ3n) is 3.74. The van der Waals surface area contributed by atoms with Crippen LogP contribution in [0.5, 0.6) is 0 Å². The first-order valence-corrected chi connectivity index (χ1v) is 8.61. The lowest BCUT2D eigenvalue weighted by molar-refractivity contribution is 0.0914. The van der Waals surface area contributed by atoms with Crippen molar-refractivity contribution < 1.29 is 9.59 Å². The summed E-state index contributed by atoms with van der Waals surface area (Å²) in [5, 5.41) is 9.08. The van der Waals surface area contributed by atoms with Crippen LogP contribution in [-0.4, -0.2) is 18.0 Å². The molecule has 0 aliphatic carbocycles. The lowest BCUT2D eigenvalue weighted by Crippen LogP contribution is -2.41. The van der Waals surface area contributed by atoms with Gasteiger partial charge in [-0.25, -0.2) is 4.79 Å². The third-order valence-corrected chi connectivity index (χ3v) is 4.74. The molecule has 0 saturated heterocycles. The Morgan fingerprint density at radius 3 is 2.29 bits per heavy atom. The SMILES string of the molecule is C[C@@H](NC(=O)c1ccc(NC(=O)Nc2ccccc2)s1)C(C)(C)C. The van der Waals surface area contributed by atoms with Crippen molar-refractivity contribution in [3.8, 4) is 0 Å². The number of benzene rings is 1. The van der Waals surface area contributed by atoms with E-state index >= 15 is 0 Å². The van der Waals surface area contributed by atoms with Gasteiger partial charge in [0.1, 0.15) is 0 Å². The van der Waals surface area contributed by atoms with Crippen LogP contribution in [0.3, 0.4) is 0 Å². The maximum Gasteiger partial charge on any atom is 0.324 e. The molecule has 3 N–H and O–H groups in total. The van der Waals surface area contributed by atoms with E-state index in [0.29, 0.717) is 15.6 Å². The van der Waals surface area contributed by atoms with Gasteiger partial charge in [-0.15, -0.1) is 11.3 Å². The quantitative estimate of drug-likeness (QED) is 0.760. The molecule has 6 heteroatoms. The summed E-state index contributed by atoms with van der Waals surface area (Å²) in [4.78, 5) is 24.8. The Bertz CT molecular complexity index is 705. The average Bonchev–Trinajstić information content (AvgIpc) is 2.95. The maximum atomic E-state index is 12.3. The molecule has 2 aromatic rings. The highest BCUT2D eigenvalue weighted by atomic mass is 32.1. The molecular weight excluding hydrogens is 322 g/mol. The summed E-state index contributed by atoms with van der Waals surface area (Å²) in [7, 11) is 0. The van der Waals surface area contributed by atoms with Crippen LogP contribution in [0.4, 0.5) is 15.5 Å². The molecule has 0 unspecified atom stereocenters. The summed E-state index contributed by atoms with van der Waals surface area (Å²) in [5.74, 6) is -0.126. The lowest BCUT2D eigenvalue weighted by atomic mass is 9.88. The van der Waals surface area contributed by atoms with Crippen LogP contribution in [0.1, 0.15) is 37.4 Å². The van der Waals surface area contributed by atoms with E-state index < -0.39 is 0 Å². The van der Waals surface area contributed by atoms with Crippen LogP contribution in [-0.2, 0) is 0 Å². The largest absolute Gasteiger partial charge is 0.348 e. The van der Waals surface area contributed by atoms with Crippen molar-refractivity contribution in [2.45, 2.75) is 33.7 Å². The standard InChI is InChI=1S/C18H23N3O2S/c1-12(18(2,3)4)19-16(22)14-10-11-15(24-14)21-17(23)20-13-8-6-5-7-9-13/h5-12H,1-4H3,(H,19,22)(H2,20,21,23)/t12-/m1/s1. The second-order valence-electron chi connectivity index (χ2n) is 6.67. The Balaban J connectivity index is 1.93. The first-order valence-electron chi connectivity index (χ1n) is 7.79. The summed E-state index contributed by atoms with van der Waals surface area (Å²) in [6.45, 7) is 8.21. The van der Waals surface area contributed by atoms with E-state index in [2.05, 4.69) is 36.7 Å². The minimum atomic E-state index is -0.335. The number of thiophene rings is 1. The molecule has 0 spiro atoms. The molecule has 1 aromatic carbocycles.